The van der Waals surface area contributed by atoms with Crippen LogP contribution >= 0.6 is 0 Å². The van der Waals surface area contributed by atoms with Gasteiger partial charge in [-0.25, -0.2) is 0 Å². The molecule has 1 N–H and O–H groups in total. The highest BCUT2D eigenvalue weighted by Gasteiger charge is 2.32. The molecule has 2 atom stereocenters. The van der Waals surface area contributed by atoms with Crippen molar-refractivity contribution in [1.29, 1.82) is 0 Å². The lowest BCUT2D eigenvalue weighted by Crippen LogP contribution is -2.51. The molecule has 18 heavy (non-hydrogen) atoms. The molecule has 0 radical (unpaired) electrons. The fraction of sp³-hybridized carbons (Fsp3) is 1.00. The van der Waals surface area contributed by atoms with Crippen molar-refractivity contribution in [3.63, 3.8) is 0 Å². The molecule has 0 aromatic carbocycles. The second-order valence-electron chi connectivity index (χ2n) is 6.05. The van der Waals surface area contributed by atoms with Gasteiger partial charge >= 0.3 is 6.18 Å². The number of hydrogen-bond donors (Lipinski definition) is 1. The number of rotatable bonds is 4. The highest BCUT2D eigenvalue weighted by atomic mass is 19.4. The summed E-state index contributed by atoms with van der Waals surface area (Å²) in [6.07, 6.45) is 0.678. The Balaban J connectivity index is 1.76. The van der Waals surface area contributed by atoms with Gasteiger partial charge in [0.15, 0.2) is 0 Å². The van der Waals surface area contributed by atoms with E-state index in [1.165, 1.54) is 19.3 Å². The SMILES string of the molecule is CC1CC(NCC(F)(F)F)CN(CC2CCC2)C1. The van der Waals surface area contributed by atoms with Crippen molar-refractivity contribution < 1.29 is 13.2 Å². The van der Waals surface area contributed by atoms with Crippen molar-refractivity contribution in [2.75, 3.05) is 26.2 Å². The first-order chi connectivity index (χ1) is 8.42. The molecule has 2 fully saturated rings. The number of likely N-dealkylation sites (tertiary alicyclic amines) is 1. The summed E-state index contributed by atoms with van der Waals surface area (Å²) in [4.78, 5) is 2.35. The molecule has 0 aromatic heterocycles. The van der Waals surface area contributed by atoms with Crippen LogP contribution in [0.4, 0.5) is 13.2 Å². The molecule has 1 aliphatic heterocycles. The first-order valence-electron chi connectivity index (χ1n) is 6.95. The van der Waals surface area contributed by atoms with Gasteiger partial charge in [0, 0.05) is 25.7 Å². The van der Waals surface area contributed by atoms with Crippen LogP contribution in [0.5, 0.6) is 0 Å². The van der Waals surface area contributed by atoms with E-state index in [-0.39, 0.29) is 6.04 Å². The molecule has 1 aliphatic carbocycles. The standard InChI is InChI=1S/C13H23F3N2/c1-10-5-12(17-9-13(14,15)16)8-18(6-10)7-11-3-2-4-11/h10-12,17H,2-9H2,1H3. The number of nitrogens with one attached hydrogen (secondary N) is 1. The van der Waals surface area contributed by atoms with Crippen LogP contribution in [0.2, 0.25) is 0 Å². The molecule has 2 unspecified atom stereocenters. The van der Waals surface area contributed by atoms with E-state index in [0.717, 1.165) is 32.0 Å². The summed E-state index contributed by atoms with van der Waals surface area (Å²) in [6.45, 7) is 4.17. The van der Waals surface area contributed by atoms with Gasteiger partial charge in [-0.2, -0.15) is 13.2 Å². The van der Waals surface area contributed by atoms with Crippen LogP contribution in [-0.4, -0.2) is 43.3 Å². The maximum absolute atomic E-state index is 12.2. The molecule has 1 saturated carbocycles. The smallest absolute Gasteiger partial charge is 0.305 e. The van der Waals surface area contributed by atoms with Crippen LogP contribution in [0, 0.1) is 11.8 Å². The Hall–Kier alpha value is -0.290. The lowest BCUT2D eigenvalue weighted by Gasteiger charge is -2.40. The van der Waals surface area contributed by atoms with Crippen molar-refractivity contribution in [2.24, 2.45) is 11.8 Å². The van der Waals surface area contributed by atoms with E-state index in [9.17, 15) is 13.2 Å². The number of hydrogen-bond acceptors (Lipinski definition) is 2. The molecule has 5 heteroatoms. The zero-order valence-corrected chi connectivity index (χ0v) is 11.0. The highest BCUT2D eigenvalue weighted by molar-refractivity contribution is 4.84. The molecular weight excluding hydrogens is 241 g/mol. The maximum Gasteiger partial charge on any atom is 0.401 e. The lowest BCUT2D eigenvalue weighted by molar-refractivity contribution is -0.127. The Morgan fingerprint density at radius 3 is 2.50 bits per heavy atom. The first kappa shape index (κ1) is 14.1. The Kier molecular flexibility index (Phi) is 4.54. The van der Waals surface area contributed by atoms with Crippen molar-refractivity contribution >= 4 is 0 Å². The van der Waals surface area contributed by atoms with Crippen LogP contribution in [-0.2, 0) is 0 Å². The fourth-order valence-electron chi connectivity index (χ4n) is 3.06. The van der Waals surface area contributed by atoms with Crippen LogP contribution in [0.1, 0.15) is 32.6 Å². The number of nitrogens with zero attached hydrogens (tertiary/aromatic N) is 1. The third-order valence-corrected chi connectivity index (χ3v) is 4.07. The number of piperidine rings is 1. The van der Waals surface area contributed by atoms with Gasteiger partial charge < -0.3 is 10.2 Å². The predicted molar refractivity (Wildman–Crippen MR) is 65.4 cm³/mol. The molecule has 0 amide bonds. The van der Waals surface area contributed by atoms with E-state index >= 15 is 0 Å². The largest absolute Gasteiger partial charge is 0.401 e. The van der Waals surface area contributed by atoms with E-state index in [1.807, 2.05) is 0 Å². The Morgan fingerprint density at radius 2 is 1.94 bits per heavy atom. The number of alkyl halides is 3. The van der Waals surface area contributed by atoms with Crippen LogP contribution in [0.15, 0.2) is 0 Å². The minimum atomic E-state index is -4.10. The van der Waals surface area contributed by atoms with E-state index < -0.39 is 12.7 Å². The van der Waals surface area contributed by atoms with Gasteiger partial charge in [0.05, 0.1) is 6.54 Å². The predicted octanol–water partition coefficient (Wildman–Crippen LogP) is 2.65. The van der Waals surface area contributed by atoms with Crippen molar-refractivity contribution in [1.82, 2.24) is 10.2 Å². The molecule has 0 aromatic rings. The summed E-state index contributed by atoms with van der Waals surface area (Å²) in [5.41, 5.74) is 0. The van der Waals surface area contributed by atoms with Gasteiger partial charge in [0.2, 0.25) is 0 Å². The van der Waals surface area contributed by atoms with E-state index in [0.29, 0.717) is 5.92 Å². The normalized spacial score (nSPS) is 31.3. The molecular formula is C13H23F3N2. The minimum absolute atomic E-state index is 0.00421. The monoisotopic (exact) mass is 264 g/mol. The van der Waals surface area contributed by atoms with Gasteiger partial charge in [-0.05, 0) is 31.1 Å². The molecule has 1 heterocycles. The molecule has 106 valence electrons. The quantitative estimate of drug-likeness (QED) is 0.839. The Morgan fingerprint density at radius 1 is 1.22 bits per heavy atom. The van der Waals surface area contributed by atoms with Crippen molar-refractivity contribution in [3.8, 4) is 0 Å². The average molecular weight is 264 g/mol. The highest BCUT2D eigenvalue weighted by Crippen LogP contribution is 2.29. The topological polar surface area (TPSA) is 15.3 Å². The zero-order valence-electron chi connectivity index (χ0n) is 11.0. The molecule has 1 saturated heterocycles. The summed E-state index contributed by atoms with van der Waals surface area (Å²) in [6, 6.07) is -0.00421. The molecule has 0 bridgehead atoms. The molecule has 2 aliphatic rings. The van der Waals surface area contributed by atoms with Crippen molar-refractivity contribution in [3.05, 3.63) is 0 Å². The molecule has 0 spiro atoms. The van der Waals surface area contributed by atoms with Gasteiger partial charge in [-0.1, -0.05) is 13.3 Å². The van der Waals surface area contributed by atoms with Gasteiger partial charge in [-0.15, -0.1) is 0 Å². The molecule has 2 rings (SSSR count). The summed E-state index contributed by atoms with van der Waals surface area (Å²) in [7, 11) is 0. The maximum atomic E-state index is 12.2. The summed E-state index contributed by atoms with van der Waals surface area (Å²) in [5, 5.41) is 2.66. The zero-order chi connectivity index (χ0) is 13.2. The van der Waals surface area contributed by atoms with E-state index in [2.05, 4.69) is 17.1 Å². The average Bonchev–Trinajstić information content (AvgIpc) is 2.19. The van der Waals surface area contributed by atoms with Crippen LogP contribution in [0.3, 0.4) is 0 Å². The second kappa shape index (κ2) is 5.78. The fourth-order valence-corrected chi connectivity index (χ4v) is 3.06. The third-order valence-electron chi connectivity index (χ3n) is 4.07. The minimum Gasteiger partial charge on any atom is -0.305 e. The first-order valence-corrected chi connectivity index (χ1v) is 6.95. The second-order valence-corrected chi connectivity index (χ2v) is 6.05. The van der Waals surface area contributed by atoms with Crippen molar-refractivity contribution in [2.45, 2.75) is 44.8 Å². The lowest BCUT2D eigenvalue weighted by atomic mass is 9.84. The van der Waals surface area contributed by atoms with Crippen LogP contribution in [0.25, 0.3) is 0 Å². The van der Waals surface area contributed by atoms with E-state index in [1.54, 1.807) is 0 Å². The van der Waals surface area contributed by atoms with Gasteiger partial charge in [0.25, 0.3) is 0 Å². The Labute approximate surface area is 107 Å². The number of halogens is 3. The van der Waals surface area contributed by atoms with Gasteiger partial charge in [-0.3, -0.25) is 0 Å². The molecule has 2 nitrogen and oxygen atoms in total. The third kappa shape index (κ3) is 4.43. The van der Waals surface area contributed by atoms with Gasteiger partial charge in [0.1, 0.15) is 0 Å². The summed E-state index contributed by atoms with van der Waals surface area (Å²) >= 11 is 0. The summed E-state index contributed by atoms with van der Waals surface area (Å²) in [5.74, 6) is 1.28. The van der Waals surface area contributed by atoms with Crippen LogP contribution < -0.4 is 5.32 Å². The van der Waals surface area contributed by atoms with E-state index in [4.69, 9.17) is 0 Å². The Bertz CT molecular complexity index is 263. The summed E-state index contributed by atoms with van der Waals surface area (Å²) < 4.78 is 36.6.